The molecule has 0 radical (unpaired) electrons. The summed E-state index contributed by atoms with van der Waals surface area (Å²) >= 11 is 0. The van der Waals surface area contributed by atoms with E-state index in [1.807, 2.05) is 4.90 Å². The molecule has 0 aromatic heterocycles. The zero-order chi connectivity index (χ0) is 12.3. The number of likely N-dealkylation sites (tertiary alicyclic amines) is 1. The highest BCUT2D eigenvalue weighted by Crippen LogP contribution is 2.17. The van der Waals surface area contributed by atoms with Gasteiger partial charge in [0.1, 0.15) is 0 Å². The number of carbonyl (C=O) groups is 1. The molecule has 2 rings (SSSR count). The Morgan fingerprint density at radius 1 is 1.53 bits per heavy atom. The van der Waals surface area contributed by atoms with E-state index in [0.717, 1.165) is 19.5 Å². The Morgan fingerprint density at radius 2 is 2.35 bits per heavy atom. The summed E-state index contributed by atoms with van der Waals surface area (Å²) in [7, 11) is 0. The van der Waals surface area contributed by atoms with E-state index in [1.165, 1.54) is 11.1 Å². The van der Waals surface area contributed by atoms with Crippen LogP contribution in [0.25, 0.3) is 0 Å². The monoisotopic (exact) mass is 227 g/mol. The fourth-order valence-corrected chi connectivity index (χ4v) is 2.23. The molecule has 0 spiro atoms. The van der Waals surface area contributed by atoms with E-state index in [0.29, 0.717) is 6.42 Å². The highest BCUT2D eigenvalue weighted by atomic mass is 16.2. The lowest BCUT2D eigenvalue weighted by Gasteiger charge is -2.15. The summed E-state index contributed by atoms with van der Waals surface area (Å²) in [4.78, 5) is 13.5. The van der Waals surface area contributed by atoms with Crippen molar-refractivity contribution in [3.8, 4) is 12.3 Å². The minimum atomic E-state index is 0.111. The van der Waals surface area contributed by atoms with Gasteiger partial charge in [0.15, 0.2) is 0 Å². The molecule has 2 nitrogen and oxygen atoms in total. The third-order valence-corrected chi connectivity index (χ3v) is 3.20. The van der Waals surface area contributed by atoms with Gasteiger partial charge in [-0.2, -0.15) is 0 Å². The molecule has 1 fully saturated rings. The average molecular weight is 227 g/mol. The number of hydrogen-bond acceptors (Lipinski definition) is 1. The third kappa shape index (κ3) is 2.88. The smallest absolute Gasteiger partial charge is 0.223 e. The van der Waals surface area contributed by atoms with Crippen LogP contribution in [0.5, 0.6) is 0 Å². The molecule has 1 amide bonds. The molecular formula is C15H17NO. The molecule has 88 valence electrons. The Bertz CT molecular complexity index is 458. The molecule has 0 saturated carbocycles. The minimum Gasteiger partial charge on any atom is -0.341 e. The van der Waals surface area contributed by atoms with Crippen LogP contribution in [0.2, 0.25) is 0 Å². The quantitative estimate of drug-likeness (QED) is 0.723. The SMILES string of the molecule is C#CC1CC(=O)N(CCc2cccc(C)c2)C1. The van der Waals surface area contributed by atoms with Crippen LogP contribution in [0.15, 0.2) is 24.3 Å². The fourth-order valence-electron chi connectivity index (χ4n) is 2.23. The van der Waals surface area contributed by atoms with Gasteiger partial charge in [0.05, 0.1) is 0 Å². The van der Waals surface area contributed by atoms with E-state index in [1.54, 1.807) is 0 Å². The van der Waals surface area contributed by atoms with Gasteiger partial charge in [-0.25, -0.2) is 0 Å². The number of rotatable bonds is 3. The number of aryl methyl sites for hydroxylation is 1. The van der Waals surface area contributed by atoms with Gasteiger partial charge < -0.3 is 4.90 Å². The van der Waals surface area contributed by atoms with Crippen LogP contribution in [0.3, 0.4) is 0 Å². The molecule has 2 heteroatoms. The second-order valence-corrected chi connectivity index (χ2v) is 4.65. The van der Waals surface area contributed by atoms with Crippen LogP contribution in [0.1, 0.15) is 17.5 Å². The van der Waals surface area contributed by atoms with E-state index in [-0.39, 0.29) is 11.8 Å². The van der Waals surface area contributed by atoms with Crippen LogP contribution in [-0.4, -0.2) is 23.9 Å². The van der Waals surface area contributed by atoms with Crippen molar-refractivity contribution < 1.29 is 4.79 Å². The fraction of sp³-hybridized carbons (Fsp3) is 0.400. The summed E-state index contributed by atoms with van der Waals surface area (Å²) in [5, 5.41) is 0. The Labute approximate surface area is 103 Å². The van der Waals surface area contributed by atoms with Gasteiger partial charge in [0.25, 0.3) is 0 Å². The highest BCUT2D eigenvalue weighted by Gasteiger charge is 2.27. The van der Waals surface area contributed by atoms with E-state index in [2.05, 4.69) is 37.1 Å². The van der Waals surface area contributed by atoms with E-state index >= 15 is 0 Å². The van der Waals surface area contributed by atoms with Gasteiger partial charge in [0.2, 0.25) is 5.91 Å². The van der Waals surface area contributed by atoms with E-state index in [9.17, 15) is 4.79 Å². The number of amides is 1. The number of benzene rings is 1. The summed E-state index contributed by atoms with van der Waals surface area (Å²) in [5.74, 6) is 2.98. The first kappa shape index (κ1) is 11.7. The molecule has 1 aliphatic rings. The van der Waals surface area contributed by atoms with E-state index in [4.69, 9.17) is 6.42 Å². The molecule has 1 aromatic rings. The molecule has 0 bridgehead atoms. The molecule has 17 heavy (non-hydrogen) atoms. The van der Waals surface area contributed by atoms with Gasteiger partial charge in [-0.05, 0) is 18.9 Å². The standard InChI is InChI=1S/C15H17NO/c1-3-13-10-15(17)16(11-13)8-7-14-6-4-5-12(2)9-14/h1,4-6,9,13H,7-8,10-11H2,2H3. The number of nitrogens with zero attached hydrogens (tertiary/aromatic N) is 1. The van der Waals surface area contributed by atoms with Crippen molar-refractivity contribution in [2.75, 3.05) is 13.1 Å². The van der Waals surface area contributed by atoms with Gasteiger partial charge in [-0.3, -0.25) is 4.79 Å². The average Bonchev–Trinajstić information content (AvgIpc) is 2.68. The maximum absolute atomic E-state index is 11.7. The second-order valence-electron chi connectivity index (χ2n) is 4.65. The lowest BCUT2D eigenvalue weighted by Crippen LogP contribution is -2.27. The van der Waals surface area contributed by atoms with Gasteiger partial charge in [-0.15, -0.1) is 12.3 Å². The Hall–Kier alpha value is -1.75. The zero-order valence-electron chi connectivity index (χ0n) is 10.1. The first-order chi connectivity index (χ1) is 8.19. The molecule has 1 aliphatic heterocycles. The molecular weight excluding hydrogens is 210 g/mol. The minimum absolute atomic E-state index is 0.111. The van der Waals surface area contributed by atoms with Crippen LogP contribution in [0, 0.1) is 25.2 Å². The van der Waals surface area contributed by atoms with Crippen LogP contribution in [0.4, 0.5) is 0 Å². The zero-order valence-corrected chi connectivity index (χ0v) is 10.1. The van der Waals surface area contributed by atoms with Crippen LogP contribution < -0.4 is 0 Å². The maximum Gasteiger partial charge on any atom is 0.223 e. The predicted octanol–water partition coefficient (Wildman–Crippen LogP) is 2.02. The number of carbonyl (C=O) groups excluding carboxylic acids is 1. The summed E-state index contributed by atoms with van der Waals surface area (Å²) in [6.07, 6.45) is 6.78. The van der Waals surface area contributed by atoms with E-state index < -0.39 is 0 Å². The summed E-state index contributed by atoms with van der Waals surface area (Å²) < 4.78 is 0. The lowest BCUT2D eigenvalue weighted by atomic mass is 10.1. The Morgan fingerprint density at radius 3 is 3.00 bits per heavy atom. The molecule has 0 N–H and O–H groups in total. The van der Waals surface area contributed by atoms with Crippen molar-refractivity contribution in [1.29, 1.82) is 0 Å². The topological polar surface area (TPSA) is 20.3 Å². The number of terminal acetylenes is 1. The predicted molar refractivity (Wildman–Crippen MR) is 68.4 cm³/mol. The normalized spacial score (nSPS) is 19.4. The van der Waals surface area contributed by atoms with Crippen LogP contribution >= 0.6 is 0 Å². The van der Waals surface area contributed by atoms with Crippen molar-refractivity contribution in [2.24, 2.45) is 5.92 Å². The van der Waals surface area contributed by atoms with Crippen molar-refractivity contribution >= 4 is 5.91 Å². The molecule has 1 unspecified atom stereocenters. The van der Waals surface area contributed by atoms with Gasteiger partial charge in [0, 0.05) is 25.4 Å². The summed E-state index contributed by atoms with van der Waals surface area (Å²) in [6.45, 7) is 3.58. The maximum atomic E-state index is 11.7. The molecule has 1 saturated heterocycles. The first-order valence-corrected chi connectivity index (χ1v) is 5.98. The molecule has 1 aromatic carbocycles. The summed E-state index contributed by atoms with van der Waals surface area (Å²) in [6, 6.07) is 8.41. The van der Waals surface area contributed by atoms with Crippen molar-refractivity contribution in [3.05, 3.63) is 35.4 Å². The Balaban J connectivity index is 1.91. The van der Waals surface area contributed by atoms with Crippen molar-refractivity contribution in [2.45, 2.75) is 19.8 Å². The molecule has 0 aliphatic carbocycles. The van der Waals surface area contributed by atoms with Gasteiger partial charge in [-0.1, -0.05) is 29.8 Å². The number of hydrogen-bond donors (Lipinski definition) is 0. The van der Waals surface area contributed by atoms with Gasteiger partial charge >= 0.3 is 0 Å². The summed E-state index contributed by atoms with van der Waals surface area (Å²) in [5.41, 5.74) is 2.54. The third-order valence-electron chi connectivity index (χ3n) is 3.20. The van der Waals surface area contributed by atoms with Crippen molar-refractivity contribution in [1.82, 2.24) is 4.90 Å². The first-order valence-electron chi connectivity index (χ1n) is 5.98. The second kappa shape index (κ2) is 5.05. The van der Waals surface area contributed by atoms with Crippen molar-refractivity contribution in [3.63, 3.8) is 0 Å². The largest absolute Gasteiger partial charge is 0.341 e. The Kier molecular flexibility index (Phi) is 3.49. The molecule has 1 heterocycles. The highest BCUT2D eigenvalue weighted by molar-refractivity contribution is 5.79. The van der Waals surface area contributed by atoms with Crippen LogP contribution in [-0.2, 0) is 11.2 Å². The molecule has 1 atom stereocenters. The lowest BCUT2D eigenvalue weighted by molar-refractivity contribution is -0.127.